The number of aromatic nitrogens is 1. The molecule has 2 nitrogen and oxygen atoms in total. The molecule has 14 heavy (non-hydrogen) atoms. The van der Waals surface area contributed by atoms with Crippen LogP contribution in [0.15, 0.2) is 6.20 Å². The highest BCUT2D eigenvalue weighted by atomic mass is 16.1. The summed E-state index contributed by atoms with van der Waals surface area (Å²) in [6.45, 7) is 6.10. The molecule has 0 spiro atoms. The first kappa shape index (κ1) is 9.50. The summed E-state index contributed by atoms with van der Waals surface area (Å²) < 4.78 is 0. The highest BCUT2D eigenvalue weighted by Gasteiger charge is 2.33. The number of H-pyrrole nitrogens is 1. The van der Waals surface area contributed by atoms with Gasteiger partial charge in [0.15, 0.2) is 5.78 Å². The van der Waals surface area contributed by atoms with E-state index in [1.54, 1.807) is 0 Å². The van der Waals surface area contributed by atoms with Crippen molar-refractivity contribution in [2.75, 3.05) is 0 Å². The highest BCUT2D eigenvalue weighted by Crippen LogP contribution is 2.38. The third kappa shape index (κ3) is 1.49. The van der Waals surface area contributed by atoms with E-state index in [-0.39, 0.29) is 11.7 Å². The van der Waals surface area contributed by atoms with Crippen molar-refractivity contribution in [2.45, 2.75) is 33.6 Å². The van der Waals surface area contributed by atoms with E-state index in [1.165, 1.54) is 18.4 Å². The van der Waals surface area contributed by atoms with E-state index in [2.05, 4.69) is 11.9 Å². The van der Waals surface area contributed by atoms with Gasteiger partial charge in [-0.3, -0.25) is 4.79 Å². The number of aryl methyl sites for hydroxylation is 1. The van der Waals surface area contributed by atoms with Gasteiger partial charge in [0.1, 0.15) is 0 Å². The molecule has 0 saturated heterocycles. The lowest BCUT2D eigenvalue weighted by Crippen LogP contribution is -2.14. The fourth-order valence-corrected chi connectivity index (χ4v) is 1.89. The first-order chi connectivity index (χ1) is 6.61. The smallest absolute Gasteiger partial charge is 0.182 e. The van der Waals surface area contributed by atoms with Gasteiger partial charge in [0.2, 0.25) is 0 Å². The topological polar surface area (TPSA) is 32.9 Å². The molecular weight excluding hydrogens is 174 g/mol. The second-order valence-corrected chi connectivity index (χ2v) is 4.46. The van der Waals surface area contributed by atoms with Crippen LogP contribution in [-0.2, 0) is 0 Å². The van der Waals surface area contributed by atoms with Crippen LogP contribution in [0.4, 0.5) is 0 Å². The second kappa shape index (κ2) is 3.26. The van der Waals surface area contributed by atoms with Gasteiger partial charge in [-0.25, -0.2) is 0 Å². The minimum atomic E-state index is 0.201. The maximum atomic E-state index is 12.0. The van der Waals surface area contributed by atoms with E-state index < -0.39 is 0 Å². The standard InChI is InChI=1S/C12H17NO/c1-7-6-13-11(8(7)2)12(14)9(3)10-4-5-10/h6,9-10,13H,4-5H2,1-3H3. The van der Waals surface area contributed by atoms with Crippen LogP contribution in [0.3, 0.4) is 0 Å². The van der Waals surface area contributed by atoms with Gasteiger partial charge in [0, 0.05) is 12.1 Å². The van der Waals surface area contributed by atoms with Crippen molar-refractivity contribution in [1.82, 2.24) is 4.98 Å². The predicted molar refractivity (Wildman–Crippen MR) is 56.5 cm³/mol. The number of carbonyl (C=O) groups is 1. The van der Waals surface area contributed by atoms with Crippen molar-refractivity contribution in [3.05, 3.63) is 23.0 Å². The van der Waals surface area contributed by atoms with Crippen molar-refractivity contribution in [3.8, 4) is 0 Å². The molecule has 1 aliphatic carbocycles. The summed E-state index contributed by atoms with van der Waals surface area (Å²) in [6, 6.07) is 0. The number of nitrogens with one attached hydrogen (secondary N) is 1. The van der Waals surface area contributed by atoms with Gasteiger partial charge in [0.05, 0.1) is 5.69 Å². The van der Waals surface area contributed by atoms with Gasteiger partial charge in [0.25, 0.3) is 0 Å². The molecule has 0 aliphatic heterocycles. The van der Waals surface area contributed by atoms with E-state index >= 15 is 0 Å². The van der Waals surface area contributed by atoms with Gasteiger partial charge < -0.3 is 4.98 Å². The zero-order valence-electron chi connectivity index (χ0n) is 9.05. The van der Waals surface area contributed by atoms with Crippen LogP contribution in [0.25, 0.3) is 0 Å². The molecule has 1 saturated carbocycles. The molecule has 76 valence electrons. The summed E-state index contributed by atoms with van der Waals surface area (Å²) in [5.74, 6) is 1.13. The van der Waals surface area contributed by atoms with Crippen molar-refractivity contribution < 1.29 is 4.79 Å². The first-order valence-electron chi connectivity index (χ1n) is 5.30. The molecule has 1 aliphatic rings. The number of hydrogen-bond donors (Lipinski definition) is 1. The quantitative estimate of drug-likeness (QED) is 0.732. The molecule has 0 amide bonds. The molecular formula is C12H17NO. The Morgan fingerprint density at radius 1 is 1.50 bits per heavy atom. The van der Waals surface area contributed by atoms with E-state index in [9.17, 15) is 4.79 Å². The lowest BCUT2D eigenvalue weighted by molar-refractivity contribution is 0.0911. The molecule has 1 N–H and O–H groups in total. The van der Waals surface area contributed by atoms with Gasteiger partial charge in [-0.15, -0.1) is 0 Å². The van der Waals surface area contributed by atoms with Gasteiger partial charge in [-0.05, 0) is 43.7 Å². The van der Waals surface area contributed by atoms with Crippen LogP contribution in [-0.4, -0.2) is 10.8 Å². The number of aromatic amines is 1. The van der Waals surface area contributed by atoms with E-state index in [4.69, 9.17) is 0 Å². The monoisotopic (exact) mass is 191 g/mol. The minimum Gasteiger partial charge on any atom is -0.358 e. The van der Waals surface area contributed by atoms with Crippen LogP contribution < -0.4 is 0 Å². The summed E-state index contributed by atoms with van der Waals surface area (Å²) in [6.07, 6.45) is 4.37. The van der Waals surface area contributed by atoms with Crippen molar-refractivity contribution in [3.63, 3.8) is 0 Å². The van der Waals surface area contributed by atoms with E-state index in [0.717, 1.165) is 11.3 Å². The summed E-state index contributed by atoms with van der Waals surface area (Å²) in [5.41, 5.74) is 3.11. The fourth-order valence-electron chi connectivity index (χ4n) is 1.89. The molecule has 1 aromatic heterocycles. The normalized spacial score (nSPS) is 18.2. The fraction of sp³-hybridized carbons (Fsp3) is 0.583. The first-order valence-corrected chi connectivity index (χ1v) is 5.30. The molecule has 2 rings (SSSR count). The minimum absolute atomic E-state index is 0.201. The lowest BCUT2D eigenvalue weighted by atomic mass is 9.96. The third-order valence-electron chi connectivity index (χ3n) is 3.39. The molecule has 0 bridgehead atoms. The molecule has 1 unspecified atom stereocenters. The number of Topliss-reactive ketones (excluding diaryl/α,β-unsaturated/α-hetero) is 1. The van der Waals surface area contributed by atoms with Crippen LogP contribution in [0.1, 0.15) is 41.4 Å². The number of hydrogen-bond acceptors (Lipinski definition) is 1. The Bertz CT molecular complexity index is 360. The Kier molecular flexibility index (Phi) is 2.22. The average molecular weight is 191 g/mol. The number of rotatable bonds is 3. The SMILES string of the molecule is Cc1c[nH]c(C(=O)C(C)C2CC2)c1C. The summed E-state index contributed by atoms with van der Waals surface area (Å²) in [5, 5.41) is 0. The number of ketones is 1. The molecule has 1 fully saturated rings. The Morgan fingerprint density at radius 3 is 2.57 bits per heavy atom. The molecule has 1 heterocycles. The maximum Gasteiger partial charge on any atom is 0.182 e. The van der Waals surface area contributed by atoms with Crippen molar-refractivity contribution in [2.24, 2.45) is 11.8 Å². The van der Waals surface area contributed by atoms with Crippen molar-refractivity contribution >= 4 is 5.78 Å². The summed E-state index contributed by atoms with van der Waals surface area (Å²) in [4.78, 5) is 15.1. The Labute approximate surface area is 84.7 Å². The van der Waals surface area contributed by atoms with Gasteiger partial charge in [-0.2, -0.15) is 0 Å². The van der Waals surface area contributed by atoms with Crippen LogP contribution >= 0.6 is 0 Å². The zero-order chi connectivity index (χ0) is 10.3. The van der Waals surface area contributed by atoms with Gasteiger partial charge in [-0.1, -0.05) is 6.92 Å². The third-order valence-corrected chi connectivity index (χ3v) is 3.39. The summed E-state index contributed by atoms with van der Waals surface area (Å²) in [7, 11) is 0. The van der Waals surface area contributed by atoms with Crippen LogP contribution in [0, 0.1) is 25.7 Å². The zero-order valence-corrected chi connectivity index (χ0v) is 9.05. The Morgan fingerprint density at radius 2 is 2.14 bits per heavy atom. The number of carbonyl (C=O) groups excluding carboxylic acids is 1. The Hall–Kier alpha value is -1.05. The maximum absolute atomic E-state index is 12.0. The Balaban J connectivity index is 2.21. The summed E-state index contributed by atoms with van der Waals surface area (Å²) >= 11 is 0. The predicted octanol–water partition coefficient (Wildman–Crippen LogP) is 2.86. The van der Waals surface area contributed by atoms with Crippen LogP contribution in [0.5, 0.6) is 0 Å². The second-order valence-electron chi connectivity index (χ2n) is 4.46. The van der Waals surface area contributed by atoms with E-state index in [0.29, 0.717) is 5.92 Å². The lowest BCUT2D eigenvalue weighted by Gasteiger charge is -2.08. The largest absolute Gasteiger partial charge is 0.358 e. The van der Waals surface area contributed by atoms with Crippen molar-refractivity contribution in [1.29, 1.82) is 0 Å². The molecule has 1 aromatic rings. The molecule has 0 radical (unpaired) electrons. The molecule has 2 heteroatoms. The van der Waals surface area contributed by atoms with Gasteiger partial charge >= 0.3 is 0 Å². The van der Waals surface area contributed by atoms with Crippen LogP contribution in [0.2, 0.25) is 0 Å². The molecule has 0 aromatic carbocycles. The average Bonchev–Trinajstić information content (AvgIpc) is 2.95. The van der Waals surface area contributed by atoms with E-state index in [1.807, 2.05) is 20.0 Å². The highest BCUT2D eigenvalue weighted by molar-refractivity contribution is 5.97. The molecule has 1 atom stereocenters.